The molecule has 1 saturated heterocycles. The Morgan fingerprint density at radius 3 is 2.76 bits per heavy atom. The van der Waals surface area contributed by atoms with Gasteiger partial charge in [0.15, 0.2) is 5.82 Å². The number of rotatable bonds is 4. The van der Waals surface area contributed by atoms with Gasteiger partial charge in [0, 0.05) is 43.2 Å². The molecule has 4 atom stereocenters. The minimum Gasteiger partial charge on any atom is -0.507 e. The number of halogens is 1. The lowest BCUT2D eigenvalue weighted by atomic mass is 9.96. The molecule has 3 aromatic rings. The first-order valence-electron chi connectivity index (χ1n) is 9.75. The van der Waals surface area contributed by atoms with Gasteiger partial charge in [-0.05, 0) is 49.6 Å². The molecule has 0 unspecified atom stereocenters. The summed E-state index contributed by atoms with van der Waals surface area (Å²) in [6.07, 6.45) is 3.38. The van der Waals surface area contributed by atoms with Crippen LogP contribution in [0.15, 0.2) is 48.8 Å². The lowest BCUT2D eigenvalue weighted by Gasteiger charge is -2.37. The van der Waals surface area contributed by atoms with Gasteiger partial charge < -0.3 is 15.3 Å². The third-order valence-corrected chi connectivity index (χ3v) is 6.33. The van der Waals surface area contributed by atoms with E-state index in [-0.39, 0.29) is 17.7 Å². The fourth-order valence-electron chi connectivity index (χ4n) is 4.74. The Labute approximate surface area is 168 Å². The van der Waals surface area contributed by atoms with E-state index in [9.17, 15) is 9.50 Å². The standard InChI is InChI=1S/C21H23FN6O/c1-21-11-13(12-23-21)19(20(21)22)27(2)18-7-6-16(25-26-18)15-5-4-14(10-17(15)29)28-9-3-8-24-28/h3-10,13,19-20,23,29H,11-12H2,1-2H3/t13-,19-,20-,21-/m0/s1. The van der Waals surface area contributed by atoms with Crippen molar-refractivity contribution in [2.45, 2.75) is 31.1 Å². The highest BCUT2D eigenvalue weighted by Gasteiger charge is 2.57. The van der Waals surface area contributed by atoms with Crippen LogP contribution >= 0.6 is 0 Å². The summed E-state index contributed by atoms with van der Waals surface area (Å²) in [5.74, 6) is 0.995. The largest absolute Gasteiger partial charge is 0.507 e. The summed E-state index contributed by atoms with van der Waals surface area (Å²) < 4.78 is 16.6. The molecular weight excluding hydrogens is 371 g/mol. The molecule has 5 rings (SSSR count). The van der Waals surface area contributed by atoms with E-state index in [1.54, 1.807) is 23.0 Å². The van der Waals surface area contributed by atoms with Crippen molar-refractivity contribution in [1.29, 1.82) is 0 Å². The van der Waals surface area contributed by atoms with Gasteiger partial charge in [-0.2, -0.15) is 5.10 Å². The number of aromatic nitrogens is 4. The van der Waals surface area contributed by atoms with Crippen LogP contribution in [0, 0.1) is 5.92 Å². The predicted octanol–water partition coefficient (Wildman–Crippen LogP) is 2.56. The summed E-state index contributed by atoms with van der Waals surface area (Å²) in [7, 11) is 1.88. The average Bonchev–Trinajstić information content (AvgIpc) is 3.43. The number of phenolic OH excluding ortho intramolecular Hbond substituents is 1. The first kappa shape index (κ1) is 18.1. The molecule has 1 aliphatic carbocycles. The molecule has 150 valence electrons. The summed E-state index contributed by atoms with van der Waals surface area (Å²) >= 11 is 0. The number of nitrogens with zero attached hydrogens (tertiary/aromatic N) is 5. The van der Waals surface area contributed by atoms with Gasteiger partial charge in [0.1, 0.15) is 11.9 Å². The maximum Gasteiger partial charge on any atom is 0.151 e. The molecular formula is C21H23FN6O. The number of hydrogen-bond donors (Lipinski definition) is 2. The van der Waals surface area contributed by atoms with Crippen LogP contribution in [0.5, 0.6) is 5.75 Å². The van der Waals surface area contributed by atoms with E-state index in [2.05, 4.69) is 20.6 Å². The Bertz CT molecular complexity index is 1020. The van der Waals surface area contributed by atoms with Crippen LogP contribution in [0.2, 0.25) is 0 Å². The number of alkyl halides is 1. The first-order chi connectivity index (χ1) is 14.0. The molecule has 0 spiro atoms. The molecule has 29 heavy (non-hydrogen) atoms. The average molecular weight is 394 g/mol. The smallest absolute Gasteiger partial charge is 0.151 e. The van der Waals surface area contributed by atoms with Crippen molar-refractivity contribution < 1.29 is 9.50 Å². The third kappa shape index (κ3) is 2.86. The number of hydrogen-bond acceptors (Lipinski definition) is 6. The maximum absolute atomic E-state index is 15.0. The molecule has 2 N–H and O–H groups in total. The van der Waals surface area contributed by atoms with Crippen molar-refractivity contribution in [3.05, 3.63) is 48.8 Å². The van der Waals surface area contributed by atoms with Crippen molar-refractivity contribution >= 4 is 5.82 Å². The van der Waals surface area contributed by atoms with Crippen LogP contribution in [-0.2, 0) is 0 Å². The zero-order chi connectivity index (χ0) is 20.2. The van der Waals surface area contributed by atoms with Crippen molar-refractivity contribution in [3.8, 4) is 22.7 Å². The maximum atomic E-state index is 15.0. The Hall–Kier alpha value is -3.00. The van der Waals surface area contributed by atoms with Crippen molar-refractivity contribution in [2.75, 3.05) is 18.5 Å². The first-order valence-corrected chi connectivity index (χ1v) is 9.75. The number of benzene rings is 1. The summed E-state index contributed by atoms with van der Waals surface area (Å²) in [6.45, 7) is 2.78. The van der Waals surface area contributed by atoms with Crippen molar-refractivity contribution in [2.24, 2.45) is 5.92 Å². The van der Waals surface area contributed by atoms with E-state index in [0.717, 1.165) is 18.7 Å². The molecule has 2 bridgehead atoms. The number of nitrogens with one attached hydrogen (secondary N) is 1. The fraction of sp³-hybridized carbons (Fsp3) is 0.381. The lowest BCUT2D eigenvalue weighted by molar-refractivity contribution is 0.163. The van der Waals surface area contributed by atoms with Gasteiger partial charge in [-0.25, -0.2) is 9.07 Å². The van der Waals surface area contributed by atoms with E-state index < -0.39 is 11.7 Å². The van der Waals surface area contributed by atoms with Crippen LogP contribution in [0.3, 0.4) is 0 Å². The highest BCUT2D eigenvalue weighted by molar-refractivity contribution is 5.69. The highest BCUT2D eigenvalue weighted by atomic mass is 19.1. The van der Waals surface area contributed by atoms with E-state index >= 15 is 0 Å². The van der Waals surface area contributed by atoms with Crippen molar-refractivity contribution in [3.63, 3.8) is 0 Å². The SMILES string of the molecule is CN(c1ccc(-c2ccc(-n3cccn3)cc2O)nn1)[C@H]1[C@@H]2CN[C@@](C)(C2)[C@H]1F. The zero-order valence-corrected chi connectivity index (χ0v) is 16.3. The minimum absolute atomic E-state index is 0.101. The van der Waals surface area contributed by atoms with Gasteiger partial charge in [-0.3, -0.25) is 0 Å². The summed E-state index contributed by atoms with van der Waals surface area (Å²) in [5, 5.41) is 26.5. The van der Waals surface area contributed by atoms with Gasteiger partial charge in [0.05, 0.1) is 17.4 Å². The molecule has 2 aromatic heterocycles. The second-order valence-corrected chi connectivity index (χ2v) is 8.19. The molecule has 3 heterocycles. The van der Waals surface area contributed by atoms with Gasteiger partial charge in [-0.15, -0.1) is 10.2 Å². The summed E-state index contributed by atoms with van der Waals surface area (Å²) in [4.78, 5) is 1.90. The monoisotopic (exact) mass is 394 g/mol. The molecule has 2 fully saturated rings. The van der Waals surface area contributed by atoms with Gasteiger partial charge in [0.25, 0.3) is 0 Å². The van der Waals surface area contributed by atoms with Gasteiger partial charge >= 0.3 is 0 Å². The van der Waals surface area contributed by atoms with Gasteiger partial charge in [0.2, 0.25) is 0 Å². The van der Waals surface area contributed by atoms with Crippen LogP contribution in [0.4, 0.5) is 10.2 Å². The minimum atomic E-state index is -0.952. The number of anilines is 1. The Balaban J connectivity index is 1.38. The normalized spacial score (nSPS) is 28.0. The number of aromatic hydroxyl groups is 1. The summed E-state index contributed by atoms with van der Waals surface area (Å²) in [5.41, 5.74) is 1.46. The second kappa shape index (κ2) is 6.52. The highest BCUT2D eigenvalue weighted by Crippen LogP contribution is 2.44. The molecule has 7 nitrogen and oxygen atoms in total. The van der Waals surface area contributed by atoms with Crippen molar-refractivity contribution in [1.82, 2.24) is 25.3 Å². The fourth-order valence-corrected chi connectivity index (χ4v) is 4.74. The van der Waals surface area contributed by atoms with Gasteiger partial charge in [-0.1, -0.05) is 0 Å². The second-order valence-electron chi connectivity index (χ2n) is 8.19. The third-order valence-electron chi connectivity index (χ3n) is 6.33. The van der Waals surface area contributed by atoms with E-state index in [4.69, 9.17) is 0 Å². The molecule has 1 saturated carbocycles. The topological polar surface area (TPSA) is 79.1 Å². The van der Waals surface area contributed by atoms with Crippen LogP contribution < -0.4 is 10.2 Å². The quantitative estimate of drug-likeness (QED) is 0.708. The summed E-state index contributed by atoms with van der Waals surface area (Å²) in [6, 6.07) is 10.5. The molecule has 0 amide bonds. The van der Waals surface area contributed by atoms with E-state index in [0.29, 0.717) is 17.1 Å². The Morgan fingerprint density at radius 1 is 1.28 bits per heavy atom. The molecule has 0 radical (unpaired) electrons. The number of fused-ring (bicyclic) bond motifs is 2. The molecule has 2 aliphatic rings. The Morgan fingerprint density at radius 2 is 2.14 bits per heavy atom. The van der Waals surface area contributed by atoms with E-state index in [1.165, 1.54) is 0 Å². The number of piperidine rings is 1. The molecule has 1 aliphatic heterocycles. The van der Waals surface area contributed by atoms with E-state index in [1.807, 2.05) is 49.3 Å². The zero-order valence-electron chi connectivity index (χ0n) is 16.3. The molecule has 8 heteroatoms. The predicted molar refractivity (Wildman–Crippen MR) is 108 cm³/mol. The number of phenols is 1. The van der Waals surface area contributed by atoms with Crippen LogP contribution in [-0.4, -0.2) is 56.4 Å². The van der Waals surface area contributed by atoms with Crippen LogP contribution in [0.1, 0.15) is 13.3 Å². The molecule has 1 aromatic carbocycles. The Kier molecular flexibility index (Phi) is 4.06. The lowest BCUT2D eigenvalue weighted by Crippen LogP contribution is -2.56. The van der Waals surface area contributed by atoms with Crippen LogP contribution in [0.25, 0.3) is 16.9 Å².